The smallest absolute Gasteiger partial charge is 0.161 e. The molecule has 14 heavy (non-hydrogen) atoms. The van der Waals surface area contributed by atoms with Gasteiger partial charge in [-0.2, -0.15) is 0 Å². The number of benzene rings is 1. The third-order valence-electron chi connectivity index (χ3n) is 2.40. The summed E-state index contributed by atoms with van der Waals surface area (Å²) < 4.78 is 5.68. The van der Waals surface area contributed by atoms with Crippen molar-refractivity contribution in [3.63, 3.8) is 0 Å². The van der Waals surface area contributed by atoms with Crippen molar-refractivity contribution in [2.24, 2.45) is 0 Å². The van der Waals surface area contributed by atoms with E-state index in [4.69, 9.17) is 27.9 Å². The van der Waals surface area contributed by atoms with Crippen LogP contribution < -0.4 is 10.1 Å². The summed E-state index contributed by atoms with van der Waals surface area (Å²) in [5.41, 5.74) is 0.869. The maximum absolute atomic E-state index is 6.01. The van der Waals surface area contributed by atoms with Gasteiger partial charge in [-0.3, -0.25) is 0 Å². The lowest BCUT2D eigenvalue weighted by molar-refractivity contribution is 0.194. The number of fused-ring (bicyclic) bond motifs is 1. The van der Waals surface area contributed by atoms with Crippen LogP contribution in [0.1, 0.15) is 13.8 Å². The van der Waals surface area contributed by atoms with E-state index in [1.807, 2.05) is 13.0 Å². The molecule has 0 aliphatic carbocycles. The molecule has 0 amide bonds. The largest absolute Gasteiger partial charge is 0.485 e. The highest BCUT2D eigenvalue weighted by Crippen LogP contribution is 2.40. The van der Waals surface area contributed by atoms with E-state index >= 15 is 0 Å². The van der Waals surface area contributed by atoms with Gasteiger partial charge in [0.15, 0.2) is 5.75 Å². The average molecular weight is 232 g/mol. The topological polar surface area (TPSA) is 21.3 Å². The van der Waals surface area contributed by atoms with Gasteiger partial charge in [-0.25, -0.2) is 0 Å². The lowest BCUT2D eigenvalue weighted by Crippen LogP contribution is -2.36. The molecule has 76 valence electrons. The van der Waals surface area contributed by atoms with E-state index in [0.717, 1.165) is 5.69 Å². The normalized spacial score (nSPS) is 24.9. The zero-order valence-electron chi connectivity index (χ0n) is 7.97. The second-order valence-corrected chi connectivity index (χ2v) is 4.36. The van der Waals surface area contributed by atoms with Gasteiger partial charge in [-0.15, -0.1) is 0 Å². The Balaban J connectivity index is 2.46. The third-order valence-corrected chi connectivity index (χ3v) is 2.90. The van der Waals surface area contributed by atoms with Gasteiger partial charge in [0.25, 0.3) is 0 Å². The van der Waals surface area contributed by atoms with Gasteiger partial charge >= 0.3 is 0 Å². The highest BCUT2D eigenvalue weighted by Gasteiger charge is 2.24. The lowest BCUT2D eigenvalue weighted by Gasteiger charge is -2.31. The van der Waals surface area contributed by atoms with Crippen LogP contribution in [-0.4, -0.2) is 12.1 Å². The number of hydrogen-bond acceptors (Lipinski definition) is 2. The van der Waals surface area contributed by atoms with Gasteiger partial charge in [-0.05, 0) is 26.0 Å². The summed E-state index contributed by atoms with van der Waals surface area (Å²) in [5, 5.41) is 4.47. The van der Waals surface area contributed by atoms with Gasteiger partial charge in [0.05, 0.1) is 16.8 Å². The summed E-state index contributed by atoms with van der Waals surface area (Å²) in [6, 6.07) is 3.77. The van der Waals surface area contributed by atoms with E-state index < -0.39 is 0 Å². The number of halogens is 2. The van der Waals surface area contributed by atoms with Gasteiger partial charge in [0, 0.05) is 5.02 Å². The zero-order valence-corrected chi connectivity index (χ0v) is 9.49. The van der Waals surface area contributed by atoms with E-state index in [1.54, 1.807) is 6.07 Å². The summed E-state index contributed by atoms with van der Waals surface area (Å²) in [6.45, 7) is 4.06. The minimum atomic E-state index is 0.112. The van der Waals surface area contributed by atoms with Crippen molar-refractivity contribution in [3.8, 4) is 5.75 Å². The molecule has 4 heteroatoms. The lowest BCUT2D eigenvalue weighted by atomic mass is 10.1. The summed E-state index contributed by atoms with van der Waals surface area (Å²) in [4.78, 5) is 0. The molecule has 0 saturated carbocycles. The molecule has 2 atom stereocenters. The molecular formula is C10H11Cl2NO. The van der Waals surface area contributed by atoms with Crippen LogP contribution in [0.15, 0.2) is 12.1 Å². The summed E-state index contributed by atoms with van der Waals surface area (Å²) in [5.74, 6) is 0.696. The van der Waals surface area contributed by atoms with E-state index in [1.165, 1.54) is 0 Å². The molecule has 1 N–H and O–H groups in total. The molecule has 0 spiro atoms. The van der Waals surface area contributed by atoms with Crippen LogP contribution in [0.4, 0.5) is 5.69 Å². The number of hydrogen-bond donors (Lipinski definition) is 1. The fourth-order valence-corrected chi connectivity index (χ4v) is 1.98. The Morgan fingerprint density at radius 3 is 2.71 bits per heavy atom. The third kappa shape index (κ3) is 1.64. The minimum Gasteiger partial charge on any atom is -0.485 e. The van der Waals surface area contributed by atoms with Crippen LogP contribution in [0.2, 0.25) is 10.0 Å². The van der Waals surface area contributed by atoms with Crippen LogP contribution in [0.3, 0.4) is 0 Å². The molecule has 1 aliphatic heterocycles. The summed E-state index contributed by atoms with van der Waals surface area (Å²) >= 11 is 11.9. The molecule has 0 radical (unpaired) electrons. The first-order chi connectivity index (χ1) is 6.58. The highest BCUT2D eigenvalue weighted by atomic mass is 35.5. The van der Waals surface area contributed by atoms with Crippen LogP contribution in [-0.2, 0) is 0 Å². The second kappa shape index (κ2) is 3.52. The van der Waals surface area contributed by atoms with Crippen LogP contribution in [0.25, 0.3) is 0 Å². The van der Waals surface area contributed by atoms with Gasteiger partial charge in [0.2, 0.25) is 0 Å². The van der Waals surface area contributed by atoms with Crippen LogP contribution >= 0.6 is 23.2 Å². The molecule has 0 bridgehead atoms. The number of rotatable bonds is 0. The van der Waals surface area contributed by atoms with Crippen molar-refractivity contribution in [1.29, 1.82) is 0 Å². The summed E-state index contributed by atoms with van der Waals surface area (Å²) in [7, 11) is 0. The van der Waals surface area contributed by atoms with Crippen molar-refractivity contribution in [1.82, 2.24) is 0 Å². The van der Waals surface area contributed by atoms with E-state index in [-0.39, 0.29) is 12.1 Å². The molecule has 2 rings (SSSR count). The van der Waals surface area contributed by atoms with E-state index in [2.05, 4.69) is 12.2 Å². The molecule has 2 unspecified atom stereocenters. The Labute approximate surface area is 93.2 Å². The zero-order chi connectivity index (χ0) is 10.3. The Morgan fingerprint density at radius 2 is 2.00 bits per heavy atom. The number of nitrogens with one attached hydrogen (secondary N) is 1. The molecule has 1 aromatic rings. The van der Waals surface area contributed by atoms with Gasteiger partial charge < -0.3 is 10.1 Å². The molecule has 0 aromatic heterocycles. The minimum absolute atomic E-state index is 0.112. The van der Waals surface area contributed by atoms with Crippen molar-refractivity contribution >= 4 is 28.9 Å². The van der Waals surface area contributed by atoms with Gasteiger partial charge in [0.1, 0.15) is 6.10 Å². The predicted molar refractivity (Wildman–Crippen MR) is 59.6 cm³/mol. The maximum atomic E-state index is 6.01. The van der Waals surface area contributed by atoms with Crippen molar-refractivity contribution in [2.75, 3.05) is 5.32 Å². The molecular weight excluding hydrogens is 221 g/mol. The first-order valence-corrected chi connectivity index (χ1v) is 5.26. The predicted octanol–water partition coefficient (Wildman–Crippen LogP) is 3.57. The van der Waals surface area contributed by atoms with Crippen LogP contribution in [0.5, 0.6) is 5.75 Å². The van der Waals surface area contributed by atoms with Crippen molar-refractivity contribution in [3.05, 3.63) is 22.2 Å². The van der Waals surface area contributed by atoms with Crippen LogP contribution in [0, 0.1) is 0 Å². The molecule has 0 saturated heterocycles. The maximum Gasteiger partial charge on any atom is 0.161 e. The molecule has 1 heterocycles. The molecule has 1 aliphatic rings. The van der Waals surface area contributed by atoms with Crippen molar-refractivity contribution < 1.29 is 4.74 Å². The van der Waals surface area contributed by atoms with E-state index in [0.29, 0.717) is 15.8 Å². The number of anilines is 1. The first kappa shape index (κ1) is 9.94. The molecule has 2 nitrogen and oxygen atoms in total. The summed E-state index contributed by atoms with van der Waals surface area (Å²) in [6.07, 6.45) is 0.112. The fourth-order valence-electron chi connectivity index (χ4n) is 1.44. The first-order valence-electron chi connectivity index (χ1n) is 4.50. The van der Waals surface area contributed by atoms with Gasteiger partial charge in [-0.1, -0.05) is 23.2 Å². The molecule has 0 fully saturated rings. The number of ether oxygens (including phenoxy) is 1. The monoisotopic (exact) mass is 231 g/mol. The van der Waals surface area contributed by atoms with E-state index in [9.17, 15) is 0 Å². The Kier molecular flexibility index (Phi) is 2.50. The Morgan fingerprint density at radius 1 is 1.29 bits per heavy atom. The SMILES string of the molecule is CC1Nc2cc(Cl)cc(Cl)c2OC1C. The van der Waals surface area contributed by atoms with Crippen molar-refractivity contribution in [2.45, 2.75) is 26.0 Å². The fraction of sp³-hybridized carbons (Fsp3) is 0.400. The Hall–Kier alpha value is -0.600. The highest BCUT2D eigenvalue weighted by molar-refractivity contribution is 6.36. The second-order valence-electron chi connectivity index (χ2n) is 3.52. The standard InChI is InChI=1S/C10H11Cl2NO/c1-5-6(2)14-10-8(12)3-7(11)4-9(10)13-5/h3-6,13H,1-2H3. The quantitative estimate of drug-likeness (QED) is 0.738. The average Bonchev–Trinajstić information content (AvgIpc) is 2.08. The molecule has 1 aromatic carbocycles. The Bertz CT molecular complexity index is 367.